The van der Waals surface area contributed by atoms with Crippen molar-refractivity contribution in [2.24, 2.45) is 11.3 Å². The SMILES string of the molecule is COC1(C(COC(C)C)NN)CCC(C)(C)CC1. The van der Waals surface area contributed by atoms with Crippen LogP contribution in [0.3, 0.4) is 0 Å². The Hall–Kier alpha value is -0.160. The van der Waals surface area contributed by atoms with Crippen molar-refractivity contribution in [2.75, 3.05) is 13.7 Å². The Morgan fingerprint density at radius 2 is 1.72 bits per heavy atom. The van der Waals surface area contributed by atoms with Gasteiger partial charge in [0.2, 0.25) is 0 Å². The number of rotatable bonds is 6. The normalized spacial score (nSPS) is 24.2. The third-order valence-electron chi connectivity index (χ3n) is 4.29. The summed E-state index contributed by atoms with van der Waals surface area (Å²) in [5.41, 5.74) is 3.13. The maximum absolute atomic E-state index is 5.83. The summed E-state index contributed by atoms with van der Waals surface area (Å²) in [5, 5.41) is 0. The highest BCUT2D eigenvalue weighted by molar-refractivity contribution is 4.98. The van der Waals surface area contributed by atoms with Gasteiger partial charge in [-0.25, -0.2) is 0 Å². The van der Waals surface area contributed by atoms with Gasteiger partial charge in [-0.1, -0.05) is 13.8 Å². The molecule has 0 saturated heterocycles. The van der Waals surface area contributed by atoms with Crippen molar-refractivity contribution in [3.63, 3.8) is 0 Å². The van der Waals surface area contributed by atoms with Gasteiger partial charge in [0.1, 0.15) is 0 Å². The van der Waals surface area contributed by atoms with Crippen LogP contribution in [0.2, 0.25) is 0 Å². The topological polar surface area (TPSA) is 56.5 Å². The van der Waals surface area contributed by atoms with E-state index in [4.69, 9.17) is 15.3 Å². The lowest BCUT2D eigenvalue weighted by atomic mass is 9.68. The summed E-state index contributed by atoms with van der Waals surface area (Å²) in [6, 6.07) is 0.0565. The van der Waals surface area contributed by atoms with Crippen LogP contribution in [0.4, 0.5) is 0 Å². The van der Waals surface area contributed by atoms with E-state index in [0.29, 0.717) is 12.0 Å². The molecule has 0 aromatic carbocycles. The Morgan fingerprint density at radius 1 is 1.17 bits per heavy atom. The molecule has 4 nitrogen and oxygen atoms in total. The number of ether oxygens (including phenoxy) is 2. The molecule has 4 heteroatoms. The zero-order chi connectivity index (χ0) is 13.8. The van der Waals surface area contributed by atoms with Crippen LogP contribution in [0, 0.1) is 5.41 Å². The molecule has 18 heavy (non-hydrogen) atoms. The van der Waals surface area contributed by atoms with Gasteiger partial charge in [-0.3, -0.25) is 11.3 Å². The number of hydrogen-bond donors (Lipinski definition) is 2. The van der Waals surface area contributed by atoms with E-state index in [9.17, 15) is 0 Å². The van der Waals surface area contributed by atoms with Gasteiger partial charge >= 0.3 is 0 Å². The highest BCUT2D eigenvalue weighted by Crippen LogP contribution is 2.43. The van der Waals surface area contributed by atoms with Crippen LogP contribution < -0.4 is 11.3 Å². The summed E-state index contributed by atoms with van der Waals surface area (Å²) in [4.78, 5) is 0. The first kappa shape index (κ1) is 15.9. The number of nitrogens with two attached hydrogens (primary N) is 1. The zero-order valence-corrected chi connectivity index (χ0v) is 12.6. The summed E-state index contributed by atoms with van der Waals surface area (Å²) in [5.74, 6) is 5.71. The molecule has 108 valence electrons. The fraction of sp³-hybridized carbons (Fsp3) is 1.00. The monoisotopic (exact) mass is 258 g/mol. The number of hydrogen-bond acceptors (Lipinski definition) is 4. The van der Waals surface area contributed by atoms with Crippen molar-refractivity contribution in [1.29, 1.82) is 0 Å². The Morgan fingerprint density at radius 3 is 2.11 bits per heavy atom. The van der Waals surface area contributed by atoms with Crippen LogP contribution in [0.1, 0.15) is 53.4 Å². The Labute approximate surface area is 112 Å². The van der Waals surface area contributed by atoms with Crippen LogP contribution in [-0.2, 0) is 9.47 Å². The highest BCUT2D eigenvalue weighted by Gasteiger charge is 2.44. The molecule has 0 amide bonds. The van der Waals surface area contributed by atoms with E-state index < -0.39 is 0 Å². The van der Waals surface area contributed by atoms with Crippen molar-refractivity contribution in [3.05, 3.63) is 0 Å². The second kappa shape index (κ2) is 6.33. The van der Waals surface area contributed by atoms with Crippen LogP contribution in [0.25, 0.3) is 0 Å². The van der Waals surface area contributed by atoms with Gasteiger partial charge in [0, 0.05) is 7.11 Å². The molecule has 0 aliphatic heterocycles. The van der Waals surface area contributed by atoms with E-state index in [2.05, 4.69) is 19.3 Å². The summed E-state index contributed by atoms with van der Waals surface area (Å²) in [7, 11) is 1.79. The third kappa shape index (κ3) is 3.92. The predicted octanol–water partition coefficient (Wildman–Crippen LogP) is 2.23. The van der Waals surface area contributed by atoms with E-state index in [-0.39, 0.29) is 17.7 Å². The number of nitrogens with one attached hydrogen (secondary N) is 1. The van der Waals surface area contributed by atoms with Crippen LogP contribution in [0.5, 0.6) is 0 Å². The van der Waals surface area contributed by atoms with Crippen LogP contribution >= 0.6 is 0 Å². The van der Waals surface area contributed by atoms with Gasteiger partial charge in [-0.05, 0) is 44.9 Å². The first-order chi connectivity index (χ1) is 8.35. The average molecular weight is 258 g/mol. The molecule has 0 radical (unpaired) electrons. The second-order valence-electron chi connectivity index (χ2n) is 6.53. The predicted molar refractivity (Wildman–Crippen MR) is 74.2 cm³/mol. The molecule has 1 fully saturated rings. The lowest BCUT2D eigenvalue weighted by Gasteiger charge is -2.46. The van der Waals surface area contributed by atoms with Gasteiger partial charge in [0.15, 0.2) is 0 Å². The maximum Gasteiger partial charge on any atom is 0.0867 e. The quantitative estimate of drug-likeness (QED) is 0.566. The van der Waals surface area contributed by atoms with Gasteiger partial charge in [-0.2, -0.15) is 0 Å². The Bertz CT molecular complexity index is 244. The molecule has 1 saturated carbocycles. The van der Waals surface area contributed by atoms with E-state index >= 15 is 0 Å². The molecular formula is C14H30N2O2. The summed E-state index contributed by atoms with van der Waals surface area (Å²) < 4.78 is 11.5. The van der Waals surface area contributed by atoms with Gasteiger partial charge in [0.05, 0.1) is 24.4 Å². The maximum atomic E-state index is 5.83. The van der Waals surface area contributed by atoms with Crippen molar-refractivity contribution >= 4 is 0 Å². The highest BCUT2D eigenvalue weighted by atomic mass is 16.5. The van der Waals surface area contributed by atoms with Crippen molar-refractivity contribution in [3.8, 4) is 0 Å². The number of hydrazine groups is 1. The molecule has 1 atom stereocenters. The van der Waals surface area contributed by atoms with E-state index in [1.165, 1.54) is 12.8 Å². The largest absolute Gasteiger partial charge is 0.377 e. The van der Waals surface area contributed by atoms with Crippen molar-refractivity contribution in [1.82, 2.24) is 5.43 Å². The second-order valence-corrected chi connectivity index (χ2v) is 6.53. The van der Waals surface area contributed by atoms with E-state index in [1.54, 1.807) is 7.11 Å². The molecule has 0 spiro atoms. The summed E-state index contributed by atoms with van der Waals surface area (Å²) in [6.45, 7) is 9.32. The average Bonchev–Trinajstić information content (AvgIpc) is 2.31. The molecule has 0 aromatic heterocycles. The molecule has 3 N–H and O–H groups in total. The van der Waals surface area contributed by atoms with E-state index in [1.807, 2.05) is 13.8 Å². The molecule has 0 bridgehead atoms. The Kier molecular flexibility index (Phi) is 5.59. The molecule has 1 unspecified atom stereocenters. The molecule has 0 heterocycles. The molecule has 1 rings (SSSR count). The van der Waals surface area contributed by atoms with Gasteiger partial charge in [-0.15, -0.1) is 0 Å². The zero-order valence-electron chi connectivity index (χ0n) is 12.6. The molecule has 0 aromatic rings. The van der Waals surface area contributed by atoms with Crippen molar-refractivity contribution < 1.29 is 9.47 Å². The standard InChI is InChI=1S/C14H30N2O2/c1-11(2)18-10-12(16-15)14(17-5)8-6-13(3,4)7-9-14/h11-12,16H,6-10,15H2,1-5H3. The van der Waals surface area contributed by atoms with Crippen LogP contribution in [-0.4, -0.2) is 31.5 Å². The van der Waals surface area contributed by atoms with Crippen molar-refractivity contribution in [2.45, 2.75) is 71.1 Å². The first-order valence-corrected chi connectivity index (χ1v) is 6.98. The van der Waals surface area contributed by atoms with Crippen LogP contribution in [0.15, 0.2) is 0 Å². The molecule has 1 aliphatic carbocycles. The molecule has 1 aliphatic rings. The van der Waals surface area contributed by atoms with Gasteiger partial charge in [0.25, 0.3) is 0 Å². The fourth-order valence-corrected chi connectivity index (χ4v) is 2.69. The smallest absolute Gasteiger partial charge is 0.0867 e. The summed E-state index contributed by atoms with van der Waals surface area (Å²) in [6.07, 6.45) is 4.62. The van der Waals surface area contributed by atoms with E-state index in [0.717, 1.165) is 12.8 Å². The minimum atomic E-state index is -0.181. The lowest BCUT2D eigenvalue weighted by Crippen LogP contribution is -2.59. The first-order valence-electron chi connectivity index (χ1n) is 6.98. The fourth-order valence-electron chi connectivity index (χ4n) is 2.69. The minimum absolute atomic E-state index is 0.0565. The third-order valence-corrected chi connectivity index (χ3v) is 4.29. The summed E-state index contributed by atoms with van der Waals surface area (Å²) >= 11 is 0. The van der Waals surface area contributed by atoms with Gasteiger partial charge < -0.3 is 9.47 Å². The minimum Gasteiger partial charge on any atom is -0.377 e. The Balaban J connectivity index is 2.67. The molecular weight excluding hydrogens is 228 g/mol. The number of methoxy groups -OCH3 is 1. The lowest BCUT2D eigenvalue weighted by molar-refractivity contribution is -0.106.